The van der Waals surface area contributed by atoms with Gasteiger partial charge in [-0.2, -0.15) is 0 Å². The minimum atomic E-state index is -0.274. The van der Waals surface area contributed by atoms with Crippen LogP contribution in [-0.2, 0) is 4.79 Å². The molecular formula is C22H25ClN2O5. The van der Waals surface area contributed by atoms with E-state index in [0.29, 0.717) is 62.8 Å². The number of phenolic OH excluding ortho intramolecular Hbond substituents is 2. The van der Waals surface area contributed by atoms with Gasteiger partial charge in [0.2, 0.25) is 5.91 Å². The van der Waals surface area contributed by atoms with Crippen molar-refractivity contribution in [2.24, 2.45) is 0 Å². The van der Waals surface area contributed by atoms with Gasteiger partial charge in [-0.3, -0.25) is 9.59 Å². The van der Waals surface area contributed by atoms with E-state index >= 15 is 0 Å². The Labute approximate surface area is 180 Å². The zero-order valence-corrected chi connectivity index (χ0v) is 17.3. The maximum Gasteiger partial charge on any atom is 0.254 e. The van der Waals surface area contributed by atoms with Gasteiger partial charge in [-0.05, 0) is 37.1 Å². The van der Waals surface area contributed by atoms with Crippen LogP contribution in [0.3, 0.4) is 0 Å². The van der Waals surface area contributed by atoms with Crippen molar-refractivity contribution in [3.8, 4) is 17.2 Å². The summed E-state index contributed by atoms with van der Waals surface area (Å²) < 4.78 is 5.62. The van der Waals surface area contributed by atoms with Crippen molar-refractivity contribution < 1.29 is 24.5 Å². The van der Waals surface area contributed by atoms with Gasteiger partial charge in [0, 0.05) is 44.2 Å². The van der Waals surface area contributed by atoms with E-state index in [0.717, 1.165) is 0 Å². The zero-order chi connectivity index (χ0) is 21.5. The number of hydrogen-bond acceptors (Lipinski definition) is 5. The highest BCUT2D eigenvalue weighted by atomic mass is 35.5. The molecule has 2 N–H and O–H groups in total. The lowest BCUT2D eigenvalue weighted by Gasteiger charge is -2.22. The Bertz CT molecular complexity index is 885. The first kappa shape index (κ1) is 21.8. The normalized spacial score (nSPS) is 14.3. The number of nitrogens with zero attached hydrogens (tertiary/aromatic N) is 2. The van der Waals surface area contributed by atoms with Crippen LogP contribution in [0.4, 0.5) is 0 Å². The molecule has 0 spiro atoms. The summed E-state index contributed by atoms with van der Waals surface area (Å²) in [6.07, 6.45) is 1.60. The molecule has 8 heteroatoms. The van der Waals surface area contributed by atoms with E-state index in [1.165, 1.54) is 18.2 Å². The molecule has 30 heavy (non-hydrogen) atoms. The first-order chi connectivity index (χ1) is 14.4. The van der Waals surface area contributed by atoms with Crippen LogP contribution in [0.15, 0.2) is 42.5 Å². The molecule has 0 aliphatic carbocycles. The molecule has 160 valence electrons. The number of aromatic hydroxyl groups is 2. The Kier molecular flexibility index (Phi) is 7.41. The van der Waals surface area contributed by atoms with Crippen LogP contribution in [-0.4, -0.2) is 64.6 Å². The molecule has 1 saturated heterocycles. The van der Waals surface area contributed by atoms with Crippen molar-refractivity contribution in [2.45, 2.75) is 19.3 Å². The van der Waals surface area contributed by atoms with Crippen LogP contribution in [0, 0.1) is 0 Å². The van der Waals surface area contributed by atoms with Gasteiger partial charge in [-0.15, -0.1) is 0 Å². The summed E-state index contributed by atoms with van der Waals surface area (Å²) in [5.41, 5.74) is 0.226. The number of carbonyl (C=O) groups is 2. The third-order valence-corrected chi connectivity index (χ3v) is 5.23. The molecule has 7 nitrogen and oxygen atoms in total. The fourth-order valence-corrected chi connectivity index (χ4v) is 3.59. The molecule has 0 saturated carbocycles. The summed E-state index contributed by atoms with van der Waals surface area (Å²) >= 11 is 6.05. The van der Waals surface area contributed by atoms with Crippen LogP contribution in [0.2, 0.25) is 5.02 Å². The molecule has 1 aliphatic rings. The number of amides is 2. The van der Waals surface area contributed by atoms with Crippen molar-refractivity contribution in [2.75, 3.05) is 32.8 Å². The van der Waals surface area contributed by atoms with Crippen LogP contribution in [0.25, 0.3) is 0 Å². The molecule has 0 radical (unpaired) electrons. The number of phenols is 2. The lowest BCUT2D eigenvalue weighted by atomic mass is 10.1. The Hall–Kier alpha value is -2.93. The highest BCUT2D eigenvalue weighted by Gasteiger charge is 2.23. The number of carbonyl (C=O) groups excluding carboxylic acids is 2. The highest BCUT2D eigenvalue weighted by molar-refractivity contribution is 6.32. The van der Waals surface area contributed by atoms with E-state index < -0.39 is 0 Å². The Morgan fingerprint density at radius 2 is 1.63 bits per heavy atom. The van der Waals surface area contributed by atoms with Crippen LogP contribution < -0.4 is 4.74 Å². The first-order valence-electron chi connectivity index (χ1n) is 9.91. The van der Waals surface area contributed by atoms with Gasteiger partial charge in [0.05, 0.1) is 11.6 Å². The molecule has 2 aromatic rings. The topological polar surface area (TPSA) is 90.3 Å². The molecule has 0 aromatic heterocycles. The first-order valence-corrected chi connectivity index (χ1v) is 10.3. The SMILES string of the molecule is O=C(CCCOc1ccccc1Cl)N1CCCN(C(=O)c2cc(O)cc(O)c2)CC1. The van der Waals surface area contributed by atoms with Crippen LogP contribution in [0.5, 0.6) is 17.2 Å². The second kappa shape index (κ2) is 10.2. The summed E-state index contributed by atoms with van der Waals surface area (Å²) in [5.74, 6) is 0.0344. The van der Waals surface area contributed by atoms with Gasteiger partial charge in [-0.25, -0.2) is 0 Å². The number of halogens is 1. The van der Waals surface area contributed by atoms with E-state index in [-0.39, 0.29) is 28.9 Å². The number of ether oxygens (including phenoxy) is 1. The van der Waals surface area contributed by atoms with Crippen molar-refractivity contribution >= 4 is 23.4 Å². The highest BCUT2D eigenvalue weighted by Crippen LogP contribution is 2.24. The number of para-hydroxylation sites is 1. The van der Waals surface area contributed by atoms with Gasteiger partial charge in [-0.1, -0.05) is 23.7 Å². The Morgan fingerprint density at radius 1 is 0.967 bits per heavy atom. The largest absolute Gasteiger partial charge is 0.508 e. The van der Waals surface area contributed by atoms with Crippen molar-refractivity contribution in [1.29, 1.82) is 0 Å². The van der Waals surface area contributed by atoms with Gasteiger partial charge in [0.15, 0.2) is 0 Å². The average Bonchev–Trinajstić information content (AvgIpc) is 2.97. The summed E-state index contributed by atoms with van der Waals surface area (Å²) in [6, 6.07) is 11.0. The van der Waals surface area contributed by atoms with Crippen LogP contribution >= 0.6 is 11.6 Å². The monoisotopic (exact) mass is 432 g/mol. The molecule has 0 atom stereocenters. The summed E-state index contributed by atoms with van der Waals surface area (Å²) in [6.45, 7) is 2.33. The standard InChI is InChI=1S/C22H25ClN2O5/c23-19-5-1-2-6-20(19)30-12-3-7-21(28)24-8-4-9-25(11-10-24)22(29)16-13-17(26)15-18(27)14-16/h1-2,5-6,13-15,26-27H,3-4,7-12H2. The lowest BCUT2D eigenvalue weighted by molar-refractivity contribution is -0.131. The predicted octanol–water partition coefficient (Wildman–Crippen LogP) is 3.28. The number of rotatable bonds is 6. The second-order valence-electron chi connectivity index (χ2n) is 7.15. The molecule has 0 unspecified atom stereocenters. The minimum absolute atomic E-state index is 0.0297. The van der Waals surface area contributed by atoms with E-state index in [2.05, 4.69) is 0 Å². The zero-order valence-electron chi connectivity index (χ0n) is 16.6. The molecule has 2 aromatic carbocycles. The van der Waals surface area contributed by atoms with E-state index in [1.54, 1.807) is 21.9 Å². The smallest absolute Gasteiger partial charge is 0.254 e. The molecule has 0 bridgehead atoms. The molecular weight excluding hydrogens is 408 g/mol. The second-order valence-corrected chi connectivity index (χ2v) is 7.55. The third-order valence-electron chi connectivity index (χ3n) is 4.91. The maximum absolute atomic E-state index is 12.7. The van der Waals surface area contributed by atoms with E-state index in [9.17, 15) is 19.8 Å². The molecule has 2 amide bonds. The van der Waals surface area contributed by atoms with Crippen molar-refractivity contribution in [3.05, 3.63) is 53.1 Å². The van der Waals surface area contributed by atoms with Gasteiger partial charge in [0.25, 0.3) is 5.91 Å². The molecule has 1 fully saturated rings. The average molecular weight is 433 g/mol. The number of benzene rings is 2. The quantitative estimate of drug-likeness (QED) is 0.683. The van der Waals surface area contributed by atoms with Gasteiger partial charge < -0.3 is 24.7 Å². The van der Waals surface area contributed by atoms with Crippen molar-refractivity contribution in [1.82, 2.24) is 9.80 Å². The fourth-order valence-electron chi connectivity index (χ4n) is 3.40. The van der Waals surface area contributed by atoms with Gasteiger partial charge in [0.1, 0.15) is 17.2 Å². The fraction of sp³-hybridized carbons (Fsp3) is 0.364. The van der Waals surface area contributed by atoms with Crippen molar-refractivity contribution in [3.63, 3.8) is 0 Å². The molecule has 1 aliphatic heterocycles. The molecule has 1 heterocycles. The third kappa shape index (κ3) is 5.79. The summed E-state index contributed by atoms with van der Waals surface area (Å²) in [4.78, 5) is 28.6. The lowest BCUT2D eigenvalue weighted by Crippen LogP contribution is -2.37. The van der Waals surface area contributed by atoms with Gasteiger partial charge >= 0.3 is 0 Å². The maximum atomic E-state index is 12.7. The Morgan fingerprint density at radius 3 is 2.37 bits per heavy atom. The van der Waals surface area contributed by atoms with Crippen LogP contribution in [0.1, 0.15) is 29.6 Å². The Balaban J connectivity index is 1.46. The number of hydrogen-bond donors (Lipinski definition) is 2. The molecule has 3 rings (SSSR count). The minimum Gasteiger partial charge on any atom is -0.508 e. The summed E-state index contributed by atoms with van der Waals surface area (Å²) in [7, 11) is 0. The summed E-state index contributed by atoms with van der Waals surface area (Å²) in [5, 5.41) is 19.7. The van der Waals surface area contributed by atoms with E-state index in [1.807, 2.05) is 12.1 Å². The van der Waals surface area contributed by atoms with E-state index in [4.69, 9.17) is 16.3 Å². The predicted molar refractivity (Wildman–Crippen MR) is 113 cm³/mol.